The van der Waals surface area contributed by atoms with Crippen molar-refractivity contribution in [3.05, 3.63) is 99.9 Å². The van der Waals surface area contributed by atoms with E-state index in [1.165, 1.54) is 12.1 Å². The zero-order valence-electron chi connectivity index (χ0n) is 24.2. The van der Waals surface area contributed by atoms with Crippen LogP contribution in [0, 0.1) is 35.0 Å². The second-order valence-corrected chi connectivity index (χ2v) is 11.1. The number of carbonyl (C=O) groups excluding carboxylic acids is 1. The number of aliphatic hydroxyl groups is 1. The third-order valence-corrected chi connectivity index (χ3v) is 8.27. The van der Waals surface area contributed by atoms with Gasteiger partial charge in [-0.3, -0.25) is 9.69 Å². The summed E-state index contributed by atoms with van der Waals surface area (Å²) in [6, 6.07) is 13.8. The molecule has 0 spiro atoms. The lowest BCUT2D eigenvalue weighted by Gasteiger charge is -2.43. The monoisotopic (exact) mass is 620 g/mol. The number of ether oxygens (including phenoxy) is 3. The average Bonchev–Trinajstić information content (AvgIpc) is 3.47. The Morgan fingerprint density at radius 3 is 2.16 bits per heavy atom. The number of nitrogens with zero attached hydrogens (tertiary/aromatic N) is 1. The van der Waals surface area contributed by atoms with Crippen LogP contribution in [0.2, 0.25) is 0 Å². The predicted octanol–water partition coefficient (Wildman–Crippen LogP) is 6.03. The summed E-state index contributed by atoms with van der Waals surface area (Å²) in [4.78, 5) is 14.9. The number of hydrogen-bond donors (Lipinski definition) is 2. The summed E-state index contributed by atoms with van der Waals surface area (Å²) < 4.78 is 87.2. The molecule has 3 aromatic carbocycles. The van der Waals surface area contributed by atoms with Gasteiger partial charge in [0.1, 0.15) is 5.56 Å². The highest BCUT2D eigenvalue weighted by atomic mass is 19.2. The maximum absolute atomic E-state index is 14.1. The Kier molecular flexibility index (Phi) is 9.96. The highest BCUT2D eigenvalue weighted by molar-refractivity contribution is 6.04. The number of nitrogens with one attached hydrogen (secondary N) is 1. The van der Waals surface area contributed by atoms with Crippen molar-refractivity contribution in [2.45, 2.75) is 50.9 Å². The summed E-state index contributed by atoms with van der Waals surface area (Å²) in [6.45, 7) is 4.16. The summed E-state index contributed by atoms with van der Waals surface area (Å²) >= 11 is 0. The standard InChI is InChI=1S/C32H33F5N2O5/c1-17-23(14-39-13-3-4-22(39)16-42-2)43-32(44-30(17)19-7-5-18(15-40)6-8-19)20-9-11-21(12-10-20)38-31(41)24-25(33)27(35)29(37)28(36)26(24)34/h5-12,17,22-23,30,32,40H,3-4,13-16H2,1-2H3,(H,38,41)/t17-,22+,23+,30+,32+/m1/s1. The fourth-order valence-corrected chi connectivity index (χ4v) is 5.80. The Morgan fingerprint density at radius 2 is 1.55 bits per heavy atom. The lowest BCUT2D eigenvalue weighted by Crippen LogP contribution is -2.46. The van der Waals surface area contributed by atoms with E-state index in [-0.39, 0.29) is 36.5 Å². The maximum atomic E-state index is 14.1. The number of likely N-dealkylation sites (tertiary alicyclic amines) is 1. The number of amides is 1. The van der Waals surface area contributed by atoms with Gasteiger partial charge in [-0.2, -0.15) is 0 Å². The number of rotatable bonds is 9. The Labute approximate surface area is 251 Å². The lowest BCUT2D eigenvalue weighted by molar-refractivity contribution is -0.276. The highest BCUT2D eigenvalue weighted by Gasteiger charge is 2.40. The van der Waals surface area contributed by atoms with Crippen LogP contribution >= 0.6 is 0 Å². The lowest BCUT2D eigenvalue weighted by atomic mass is 9.90. The molecule has 2 heterocycles. The van der Waals surface area contributed by atoms with Gasteiger partial charge in [0.15, 0.2) is 29.6 Å². The molecule has 3 aromatic rings. The summed E-state index contributed by atoms with van der Waals surface area (Å²) in [7, 11) is 1.68. The van der Waals surface area contributed by atoms with Crippen LogP contribution in [0.4, 0.5) is 27.6 Å². The first kappa shape index (κ1) is 32.0. The van der Waals surface area contributed by atoms with Crippen LogP contribution in [0.25, 0.3) is 0 Å². The Bertz CT molecular complexity index is 1440. The number of carbonyl (C=O) groups is 1. The Morgan fingerprint density at radius 1 is 0.932 bits per heavy atom. The molecule has 0 aliphatic carbocycles. The second kappa shape index (κ2) is 13.7. The quantitative estimate of drug-likeness (QED) is 0.173. The summed E-state index contributed by atoms with van der Waals surface area (Å²) in [5.41, 5.74) is 0.742. The highest BCUT2D eigenvalue weighted by Crippen LogP contribution is 2.42. The number of hydrogen-bond acceptors (Lipinski definition) is 6. The van der Waals surface area contributed by atoms with Gasteiger partial charge in [0.2, 0.25) is 5.82 Å². The molecular weight excluding hydrogens is 587 g/mol. The second-order valence-electron chi connectivity index (χ2n) is 11.1. The minimum absolute atomic E-state index is 0.0464. The largest absolute Gasteiger partial charge is 0.392 e. The summed E-state index contributed by atoms with van der Waals surface area (Å²) in [5.74, 6) is -12.7. The molecule has 0 aromatic heterocycles. The van der Waals surface area contributed by atoms with Crippen molar-refractivity contribution in [1.29, 1.82) is 0 Å². The van der Waals surface area contributed by atoms with Crippen LogP contribution in [0.5, 0.6) is 0 Å². The summed E-state index contributed by atoms with van der Waals surface area (Å²) in [5, 5.41) is 11.7. The van der Waals surface area contributed by atoms with Crippen molar-refractivity contribution in [3.8, 4) is 0 Å². The third kappa shape index (κ3) is 6.50. The molecule has 0 bridgehead atoms. The Hall–Kier alpha value is -3.42. The molecule has 0 saturated carbocycles. The van der Waals surface area contributed by atoms with Gasteiger partial charge < -0.3 is 24.6 Å². The number of aliphatic hydroxyl groups excluding tert-OH is 1. The van der Waals surface area contributed by atoms with Crippen molar-refractivity contribution in [2.75, 3.05) is 32.1 Å². The van der Waals surface area contributed by atoms with E-state index < -0.39 is 46.8 Å². The van der Waals surface area contributed by atoms with Crippen LogP contribution in [0.1, 0.15) is 59.2 Å². The van der Waals surface area contributed by atoms with Crippen molar-refractivity contribution < 1.29 is 46.1 Å². The molecule has 5 atom stereocenters. The predicted molar refractivity (Wildman–Crippen MR) is 150 cm³/mol. The molecule has 2 fully saturated rings. The molecule has 5 rings (SSSR count). The van der Waals surface area contributed by atoms with Gasteiger partial charge in [0.05, 0.1) is 25.4 Å². The van der Waals surface area contributed by atoms with E-state index in [1.54, 1.807) is 19.2 Å². The van der Waals surface area contributed by atoms with E-state index in [1.807, 2.05) is 24.3 Å². The van der Waals surface area contributed by atoms with Crippen molar-refractivity contribution in [1.82, 2.24) is 4.90 Å². The molecule has 7 nitrogen and oxygen atoms in total. The molecule has 2 N–H and O–H groups in total. The molecule has 0 unspecified atom stereocenters. The van der Waals surface area contributed by atoms with Gasteiger partial charge in [0, 0.05) is 36.9 Å². The van der Waals surface area contributed by atoms with Gasteiger partial charge in [-0.1, -0.05) is 43.3 Å². The first-order valence-electron chi connectivity index (χ1n) is 14.3. The normalized spacial score (nSPS) is 24.0. The number of halogens is 5. The molecule has 12 heteroatoms. The zero-order valence-corrected chi connectivity index (χ0v) is 24.2. The van der Waals surface area contributed by atoms with Gasteiger partial charge in [-0.25, -0.2) is 22.0 Å². The molecule has 1 amide bonds. The van der Waals surface area contributed by atoms with E-state index in [4.69, 9.17) is 14.2 Å². The fourth-order valence-electron chi connectivity index (χ4n) is 5.80. The summed E-state index contributed by atoms with van der Waals surface area (Å²) in [6.07, 6.45) is 0.673. The van der Waals surface area contributed by atoms with Crippen LogP contribution in [0.3, 0.4) is 0 Å². The topological polar surface area (TPSA) is 80.3 Å². The van der Waals surface area contributed by atoms with E-state index in [9.17, 15) is 31.9 Å². The maximum Gasteiger partial charge on any atom is 0.261 e. The first-order chi connectivity index (χ1) is 21.1. The van der Waals surface area contributed by atoms with E-state index in [0.717, 1.165) is 30.5 Å². The molecule has 0 radical (unpaired) electrons. The average molecular weight is 621 g/mol. The van der Waals surface area contributed by atoms with Crippen molar-refractivity contribution >= 4 is 11.6 Å². The van der Waals surface area contributed by atoms with Crippen molar-refractivity contribution in [3.63, 3.8) is 0 Å². The Balaban J connectivity index is 1.37. The van der Waals surface area contributed by atoms with Gasteiger partial charge in [-0.05, 0) is 42.6 Å². The van der Waals surface area contributed by atoms with Gasteiger partial charge in [-0.15, -0.1) is 0 Å². The fraction of sp³-hybridized carbons (Fsp3) is 0.406. The SMILES string of the molecule is COC[C@@H]1CCCN1C[C@@H]1O[C@H](c2ccc(NC(=O)c3c(F)c(F)c(F)c(F)c3F)cc2)O[C@H](c2ccc(CO)cc2)[C@@H]1C. The zero-order chi connectivity index (χ0) is 31.5. The minimum atomic E-state index is -2.34. The van der Waals surface area contributed by atoms with E-state index >= 15 is 0 Å². The molecule has 2 saturated heterocycles. The number of methoxy groups -OCH3 is 1. The molecule has 2 aliphatic heterocycles. The molecular formula is C32H33F5N2O5. The van der Waals surface area contributed by atoms with Crippen LogP contribution in [-0.4, -0.2) is 54.9 Å². The van der Waals surface area contributed by atoms with Gasteiger partial charge >= 0.3 is 0 Å². The first-order valence-corrected chi connectivity index (χ1v) is 14.3. The molecule has 2 aliphatic rings. The van der Waals surface area contributed by atoms with E-state index in [2.05, 4.69) is 17.1 Å². The smallest absolute Gasteiger partial charge is 0.261 e. The number of anilines is 1. The van der Waals surface area contributed by atoms with Crippen molar-refractivity contribution in [2.24, 2.45) is 5.92 Å². The number of benzene rings is 3. The molecule has 44 heavy (non-hydrogen) atoms. The van der Waals surface area contributed by atoms with Crippen LogP contribution in [-0.2, 0) is 20.8 Å². The minimum Gasteiger partial charge on any atom is -0.392 e. The van der Waals surface area contributed by atoms with Crippen LogP contribution in [0.15, 0.2) is 48.5 Å². The third-order valence-electron chi connectivity index (χ3n) is 8.27. The molecule has 236 valence electrons. The van der Waals surface area contributed by atoms with E-state index in [0.29, 0.717) is 18.7 Å². The van der Waals surface area contributed by atoms with Crippen LogP contribution < -0.4 is 5.32 Å². The van der Waals surface area contributed by atoms with Gasteiger partial charge in [0.25, 0.3) is 5.91 Å².